The number of likely N-dealkylation sites (tertiary alicyclic amines) is 1. The number of pyridine rings is 1. The minimum atomic E-state index is -0.703. The second-order valence-electron chi connectivity index (χ2n) is 8.59. The van der Waals surface area contributed by atoms with Gasteiger partial charge < -0.3 is 14.7 Å². The number of carbonyl (C=O) groups is 2. The molecule has 2 aromatic heterocycles. The normalized spacial score (nSPS) is 16.8. The molecule has 1 aliphatic heterocycles. The van der Waals surface area contributed by atoms with Gasteiger partial charge in [0.2, 0.25) is 17.8 Å². The highest BCUT2D eigenvalue weighted by Gasteiger charge is 2.34. The van der Waals surface area contributed by atoms with Crippen LogP contribution in [-0.4, -0.2) is 39.4 Å². The number of halogens is 1. The number of aromatic nitrogens is 2. The largest absolute Gasteiger partial charge is 0.356 e. The molecule has 1 N–H and O–H groups in total. The minimum absolute atomic E-state index is 0.0167. The number of nitrogens with zero attached hydrogens (tertiary/aromatic N) is 3. The number of hydrogen-bond acceptors (Lipinski definition) is 5. The molecule has 0 aliphatic carbocycles. The number of nitrogens with one attached hydrogen (secondary N) is 1. The predicted molar refractivity (Wildman–Crippen MR) is 121 cm³/mol. The van der Waals surface area contributed by atoms with E-state index in [0.717, 1.165) is 12.0 Å². The first-order chi connectivity index (χ1) is 15.8. The highest BCUT2D eigenvalue weighted by Crippen LogP contribution is 2.29. The van der Waals surface area contributed by atoms with Gasteiger partial charge in [-0.15, -0.1) is 0 Å². The summed E-state index contributed by atoms with van der Waals surface area (Å²) in [4.78, 5) is 31.0. The smallest absolute Gasteiger partial charge is 0.243 e. The standard InChI is InChI=1S/C25H27FN4O3/c1-15(2)19-9-10-20(28-24(19)26)23(29-25(32)21-8-5-13-30(21)16(3)31)18-7-4-6-17(14-18)22-11-12-27-33-22/h4,6-7,9-12,14-15,21,23H,5,8,13H2,1-3H3,(H,29,32)/t21-,23?/m0/s1. The van der Waals surface area contributed by atoms with E-state index in [-0.39, 0.29) is 17.7 Å². The fraction of sp³-hybridized carbons (Fsp3) is 0.360. The number of amides is 2. The molecule has 1 aliphatic rings. The molecule has 8 heteroatoms. The van der Waals surface area contributed by atoms with Crippen LogP contribution in [-0.2, 0) is 9.59 Å². The van der Waals surface area contributed by atoms with Crippen molar-refractivity contribution in [2.75, 3.05) is 6.54 Å². The van der Waals surface area contributed by atoms with E-state index in [9.17, 15) is 14.0 Å². The van der Waals surface area contributed by atoms with Gasteiger partial charge in [0.15, 0.2) is 5.76 Å². The van der Waals surface area contributed by atoms with Crippen LogP contribution in [0.4, 0.5) is 4.39 Å². The van der Waals surface area contributed by atoms with Gasteiger partial charge in [-0.05, 0) is 36.5 Å². The highest BCUT2D eigenvalue weighted by molar-refractivity contribution is 5.88. The summed E-state index contributed by atoms with van der Waals surface area (Å²) in [6, 6.07) is 11.3. The zero-order chi connectivity index (χ0) is 23.5. The minimum Gasteiger partial charge on any atom is -0.356 e. The monoisotopic (exact) mass is 450 g/mol. The van der Waals surface area contributed by atoms with Gasteiger partial charge in [0.05, 0.1) is 17.9 Å². The fourth-order valence-corrected chi connectivity index (χ4v) is 4.27. The molecule has 3 aromatic rings. The Hall–Kier alpha value is -3.55. The van der Waals surface area contributed by atoms with Crippen LogP contribution in [0, 0.1) is 5.95 Å². The number of rotatable bonds is 6. The Kier molecular flexibility index (Phi) is 6.53. The van der Waals surface area contributed by atoms with Crippen LogP contribution in [0.25, 0.3) is 11.3 Å². The van der Waals surface area contributed by atoms with E-state index in [1.165, 1.54) is 6.92 Å². The van der Waals surface area contributed by atoms with Crippen molar-refractivity contribution in [3.63, 3.8) is 0 Å². The maximum atomic E-state index is 14.8. The molecule has 0 bridgehead atoms. The molecule has 1 aromatic carbocycles. The van der Waals surface area contributed by atoms with Gasteiger partial charge in [0.25, 0.3) is 0 Å². The summed E-state index contributed by atoms with van der Waals surface area (Å²) in [7, 11) is 0. The van der Waals surface area contributed by atoms with Gasteiger partial charge in [-0.1, -0.05) is 43.3 Å². The number of carbonyl (C=O) groups excluding carboxylic acids is 2. The first-order valence-corrected chi connectivity index (χ1v) is 11.1. The summed E-state index contributed by atoms with van der Waals surface area (Å²) in [5.74, 6) is -0.416. The third kappa shape index (κ3) is 4.79. The van der Waals surface area contributed by atoms with Crippen molar-refractivity contribution in [3.8, 4) is 11.3 Å². The summed E-state index contributed by atoms with van der Waals surface area (Å²) in [6.07, 6.45) is 2.91. The Morgan fingerprint density at radius 1 is 1.21 bits per heavy atom. The summed E-state index contributed by atoms with van der Waals surface area (Å²) in [5.41, 5.74) is 2.38. The molecule has 1 fully saturated rings. The number of benzene rings is 1. The molecule has 2 amide bonds. The van der Waals surface area contributed by atoms with E-state index in [2.05, 4.69) is 15.5 Å². The topological polar surface area (TPSA) is 88.3 Å². The molecule has 172 valence electrons. The lowest BCUT2D eigenvalue weighted by atomic mass is 9.97. The van der Waals surface area contributed by atoms with Gasteiger partial charge in [-0.3, -0.25) is 9.59 Å². The lowest BCUT2D eigenvalue weighted by Gasteiger charge is -2.26. The van der Waals surface area contributed by atoms with E-state index < -0.39 is 18.0 Å². The van der Waals surface area contributed by atoms with Gasteiger partial charge in [-0.2, -0.15) is 4.39 Å². The van der Waals surface area contributed by atoms with Crippen molar-refractivity contribution in [2.24, 2.45) is 0 Å². The molecule has 0 radical (unpaired) electrons. The first-order valence-electron chi connectivity index (χ1n) is 11.1. The van der Waals surface area contributed by atoms with E-state index in [0.29, 0.717) is 35.5 Å². The van der Waals surface area contributed by atoms with Crippen molar-refractivity contribution in [1.82, 2.24) is 20.4 Å². The van der Waals surface area contributed by atoms with E-state index in [1.807, 2.05) is 38.1 Å². The quantitative estimate of drug-likeness (QED) is 0.568. The lowest BCUT2D eigenvalue weighted by molar-refractivity contribution is -0.137. The molecule has 0 spiro atoms. The average Bonchev–Trinajstić information content (AvgIpc) is 3.49. The van der Waals surface area contributed by atoms with Crippen LogP contribution in [0.2, 0.25) is 0 Å². The van der Waals surface area contributed by atoms with Crippen LogP contribution < -0.4 is 5.32 Å². The van der Waals surface area contributed by atoms with Crippen LogP contribution >= 0.6 is 0 Å². The molecular formula is C25H27FN4O3. The molecular weight excluding hydrogens is 423 g/mol. The SMILES string of the molecule is CC(=O)N1CCC[C@H]1C(=O)NC(c1cccc(-c2ccno2)c1)c1ccc(C(C)C)c(F)n1. The zero-order valence-electron chi connectivity index (χ0n) is 18.9. The van der Waals surface area contributed by atoms with Gasteiger partial charge >= 0.3 is 0 Å². The molecule has 2 atom stereocenters. The van der Waals surface area contributed by atoms with Crippen molar-refractivity contribution in [3.05, 3.63) is 71.4 Å². The van der Waals surface area contributed by atoms with Crippen molar-refractivity contribution in [1.29, 1.82) is 0 Å². The van der Waals surface area contributed by atoms with Gasteiger partial charge in [-0.25, -0.2) is 4.98 Å². The highest BCUT2D eigenvalue weighted by atomic mass is 19.1. The Bertz CT molecular complexity index is 1150. The Morgan fingerprint density at radius 2 is 2.03 bits per heavy atom. The zero-order valence-corrected chi connectivity index (χ0v) is 18.9. The molecule has 1 saturated heterocycles. The molecule has 4 rings (SSSR count). The Balaban J connectivity index is 1.71. The maximum Gasteiger partial charge on any atom is 0.243 e. The van der Waals surface area contributed by atoms with Gasteiger partial charge in [0.1, 0.15) is 6.04 Å². The molecule has 33 heavy (non-hydrogen) atoms. The van der Waals surface area contributed by atoms with Crippen molar-refractivity contribution < 1.29 is 18.5 Å². The number of hydrogen-bond donors (Lipinski definition) is 1. The lowest BCUT2D eigenvalue weighted by Crippen LogP contribution is -2.46. The third-order valence-electron chi connectivity index (χ3n) is 6.01. The summed E-state index contributed by atoms with van der Waals surface area (Å²) in [5, 5.41) is 6.77. The fourth-order valence-electron chi connectivity index (χ4n) is 4.27. The van der Waals surface area contributed by atoms with E-state index in [4.69, 9.17) is 4.52 Å². The second kappa shape index (κ2) is 9.52. The summed E-state index contributed by atoms with van der Waals surface area (Å²) < 4.78 is 20.1. The summed E-state index contributed by atoms with van der Waals surface area (Å²) >= 11 is 0. The molecule has 1 unspecified atom stereocenters. The summed E-state index contributed by atoms with van der Waals surface area (Å²) in [6.45, 7) is 5.81. The van der Waals surface area contributed by atoms with Crippen LogP contribution in [0.15, 0.2) is 53.2 Å². The van der Waals surface area contributed by atoms with Crippen molar-refractivity contribution >= 4 is 11.8 Å². The first kappa shape index (κ1) is 22.6. The van der Waals surface area contributed by atoms with Gasteiger partial charge in [0, 0.05) is 30.7 Å². The van der Waals surface area contributed by atoms with E-state index in [1.54, 1.807) is 29.3 Å². The van der Waals surface area contributed by atoms with E-state index >= 15 is 0 Å². The molecule has 3 heterocycles. The Labute approximate surface area is 192 Å². The maximum absolute atomic E-state index is 14.8. The average molecular weight is 451 g/mol. The van der Waals surface area contributed by atoms with Crippen molar-refractivity contribution in [2.45, 2.75) is 51.6 Å². The van der Waals surface area contributed by atoms with Crippen LogP contribution in [0.1, 0.15) is 62.4 Å². The Morgan fingerprint density at radius 3 is 2.70 bits per heavy atom. The third-order valence-corrected chi connectivity index (χ3v) is 6.01. The predicted octanol–water partition coefficient (Wildman–Crippen LogP) is 4.22. The van der Waals surface area contributed by atoms with Crippen LogP contribution in [0.5, 0.6) is 0 Å². The second-order valence-corrected chi connectivity index (χ2v) is 8.59. The molecule has 0 saturated carbocycles. The van der Waals surface area contributed by atoms with Crippen LogP contribution in [0.3, 0.4) is 0 Å². The molecule has 7 nitrogen and oxygen atoms in total.